The lowest BCUT2D eigenvalue weighted by molar-refractivity contribution is -0.907. The van der Waals surface area contributed by atoms with Gasteiger partial charge in [0.1, 0.15) is 5.92 Å². The monoisotopic (exact) mass is 262 g/mol. The van der Waals surface area contributed by atoms with Crippen molar-refractivity contribution < 1.29 is 14.4 Å². The summed E-state index contributed by atoms with van der Waals surface area (Å²) in [6.07, 6.45) is 3.22. The van der Waals surface area contributed by atoms with Crippen molar-refractivity contribution in [3.05, 3.63) is 35.9 Å². The standard InChI is InChI=1S/C16H23NO2/c1-2-19-16(18)15-9-6-11-17(13-15)12-10-14-7-4-3-5-8-14/h3-5,7-8,15H,2,6,9-13H2,1H3/p+1/t15-/m0/s1. The smallest absolute Gasteiger partial charge is 0.314 e. The van der Waals surface area contributed by atoms with Gasteiger partial charge in [-0.15, -0.1) is 0 Å². The van der Waals surface area contributed by atoms with Gasteiger partial charge in [-0.2, -0.15) is 0 Å². The topological polar surface area (TPSA) is 30.7 Å². The molecule has 1 N–H and O–H groups in total. The van der Waals surface area contributed by atoms with Crippen molar-refractivity contribution in [3.63, 3.8) is 0 Å². The fourth-order valence-electron chi connectivity index (χ4n) is 2.81. The minimum Gasteiger partial charge on any atom is -0.466 e. The molecule has 2 atom stereocenters. The predicted octanol–water partition coefficient (Wildman–Crippen LogP) is 1.09. The highest BCUT2D eigenvalue weighted by Gasteiger charge is 2.29. The largest absolute Gasteiger partial charge is 0.466 e. The zero-order valence-electron chi connectivity index (χ0n) is 11.7. The number of esters is 1. The van der Waals surface area contributed by atoms with Crippen LogP contribution in [0.4, 0.5) is 0 Å². The number of carbonyl (C=O) groups is 1. The highest BCUT2D eigenvalue weighted by Crippen LogP contribution is 2.09. The molecule has 3 heteroatoms. The quantitative estimate of drug-likeness (QED) is 0.805. The molecule has 0 spiro atoms. The van der Waals surface area contributed by atoms with Gasteiger partial charge in [0.15, 0.2) is 0 Å². The number of benzene rings is 1. The SMILES string of the molecule is CCOC(=O)[C@H]1CCC[NH+](CCc2ccccc2)C1. The number of rotatable bonds is 5. The molecular formula is C16H24NO2+. The molecule has 1 fully saturated rings. The first-order valence-electron chi connectivity index (χ1n) is 7.33. The van der Waals surface area contributed by atoms with Crippen molar-refractivity contribution in [1.82, 2.24) is 0 Å². The zero-order chi connectivity index (χ0) is 13.5. The second-order valence-electron chi connectivity index (χ2n) is 5.28. The van der Waals surface area contributed by atoms with Crippen LogP contribution in [0.25, 0.3) is 0 Å². The summed E-state index contributed by atoms with van der Waals surface area (Å²) in [5.41, 5.74) is 1.38. The lowest BCUT2D eigenvalue weighted by Crippen LogP contribution is -3.14. The maximum absolute atomic E-state index is 11.8. The molecule has 1 saturated heterocycles. The minimum atomic E-state index is -0.000545. The Morgan fingerprint density at radius 3 is 2.89 bits per heavy atom. The van der Waals surface area contributed by atoms with Gasteiger partial charge in [0.05, 0.1) is 26.2 Å². The second kappa shape index (κ2) is 7.29. The number of piperidine rings is 1. The van der Waals surface area contributed by atoms with E-state index in [1.54, 1.807) is 0 Å². The van der Waals surface area contributed by atoms with Crippen LogP contribution < -0.4 is 4.90 Å². The van der Waals surface area contributed by atoms with Crippen molar-refractivity contribution in [2.75, 3.05) is 26.2 Å². The summed E-state index contributed by atoms with van der Waals surface area (Å²) in [6, 6.07) is 10.6. The van der Waals surface area contributed by atoms with E-state index in [0.29, 0.717) is 6.61 Å². The van der Waals surface area contributed by atoms with Gasteiger partial charge in [0.25, 0.3) is 0 Å². The Bertz CT molecular complexity index is 391. The number of likely N-dealkylation sites (tertiary alicyclic amines) is 1. The van der Waals surface area contributed by atoms with Crippen LogP contribution in [0.2, 0.25) is 0 Å². The molecule has 1 heterocycles. The molecule has 1 aliphatic rings. The highest BCUT2D eigenvalue weighted by atomic mass is 16.5. The third-order valence-corrected chi connectivity index (χ3v) is 3.85. The normalized spacial score (nSPS) is 23.0. The van der Waals surface area contributed by atoms with Crippen LogP contribution in [0.5, 0.6) is 0 Å². The maximum Gasteiger partial charge on any atom is 0.314 e. The molecule has 1 unspecified atom stereocenters. The van der Waals surface area contributed by atoms with E-state index < -0.39 is 0 Å². The first-order valence-corrected chi connectivity index (χ1v) is 7.33. The van der Waals surface area contributed by atoms with Gasteiger partial charge >= 0.3 is 5.97 Å². The van der Waals surface area contributed by atoms with Crippen LogP contribution in [0.3, 0.4) is 0 Å². The van der Waals surface area contributed by atoms with Crippen LogP contribution >= 0.6 is 0 Å². The van der Waals surface area contributed by atoms with Gasteiger partial charge in [-0.25, -0.2) is 0 Å². The van der Waals surface area contributed by atoms with Crippen molar-refractivity contribution in [2.24, 2.45) is 5.92 Å². The van der Waals surface area contributed by atoms with Crippen LogP contribution in [-0.2, 0) is 16.0 Å². The Labute approximate surface area is 115 Å². The Morgan fingerprint density at radius 2 is 2.16 bits per heavy atom. The van der Waals surface area contributed by atoms with Gasteiger partial charge in [0.2, 0.25) is 0 Å². The van der Waals surface area contributed by atoms with Crippen molar-refractivity contribution in [3.8, 4) is 0 Å². The average molecular weight is 262 g/mol. The lowest BCUT2D eigenvalue weighted by atomic mass is 9.98. The minimum absolute atomic E-state index is 0.000545. The molecule has 1 aromatic rings. The lowest BCUT2D eigenvalue weighted by Gasteiger charge is -2.28. The summed E-state index contributed by atoms with van der Waals surface area (Å²) < 4.78 is 5.14. The molecule has 3 nitrogen and oxygen atoms in total. The first-order chi connectivity index (χ1) is 9.29. The summed E-state index contributed by atoms with van der Waals surface area (Å²) >= 11 is 0. The van der Waals surface area contributed by atoms with Crippen molar-refractivity contribution >= 4 is 5.97 Å². The second-order valence-corrected chi connectivity index (χ2v) is 5.28. The van der Waals surface area contributed by atoms with Gasteiger partial charge in [0, 0.05) is 6.42 Å². The number of nitrogens with one attached hydrogen (secondary N) is 1. The molecule has 0 aromatic heterocycles. The van der Waals surface area contributed by atoms with Crippen molar-refractivity contribution in [2.45, 2.75) is 26.2 Å². The molecule has 104 valence electrons. The van der Waals surface area contributed by atoms with E-state index in [1.165, 1.54) is 17.0 Å². The summed E-state index contributed by atoms with van der Waals surface area (Å²) in [4.78, 5) is 13.3. The van der Waals surface area contributed by atoms with E-state index in [9.17, 15) is 4.79 Å². The van der Waals surface area contributed by atoms with E-state index in [0.717, 1.165) is 32.4 Å². The average Bonchev–Trinajstić information content (AvgIpc) is 2.47. The van der Waals surface area contributed by atoms with Gasteiger partial charge in [-0.05, 0) is 25.3 Å². The van der Waals surface area contributed by atoms with Gasteiger partial charge < -0.3 is 9.64 Å². The molecule has 0 bridgehead atoms. The zero-order valence-corrected chi connectivity index (χ0v) is 11.7. The molecule has 2 rings (SSSR count). The molecular weight excluding hydrogens is 238 g/mol. The van der Waals surface area contributed by atoms with Gasteiger partial charge in [-0.1, -0.05) is 30.3 Å². The fraction of sp³-hybridized carbons (Fsp3) is 0.562. The summed E-state index contributed by atoms with van der Waals surface area (Å²) in [5, 5.41) is 0. The summed E-state index contributed by atoms with van der Waals surface area (Å²) in [6.45, 7) is 5.60. The molecule has 0 aliphatic carbocycles. The Kier molecular flexibility index (Phi) is 5.40. The Hall–Kier alpha value is -1.35. The molecule has 0 saturated carbocycles. The van der Waals surface area contributed by atoms with E-state index in [1.807, 2.05) is 13.0 Å². The van der Waals surface area contributed by atoms with Crippen LogP contribution in [0, 0.1) is 5.92 Å². The van der Waals surface area contributed by atoms with E-state index >= 15 is 0 Å². The van der Waals surface area contributed by atoms with Crippen LogP contribution in [0.15, 0.2) is 30.3 Å². The van der Waals surface area contributed by atoms with Gasteiger partial charge in [-0.3, -0.25) is 4.79 Å². The van der Waals surface area contributed by atoms with E-state index in [4.69, 9.17) is 4.74 Å². The predicted molar refractivity (Wildman–Crippen MR) is 75.1 cm³/mol. The van der Waals surface area contributed by atoms with E-state index in [2.05, 4.69) is 24.3 Å². The van der Waals surface area contributed by atoms with Crippen LogP contribution in [0.1, 0.15) is 25.3 Å². The summed E-state index contributed by atoms with van der Waals surface area (Å²) in [5.74, 6) is 0.110. The molecule has 0 amide bonds. The van der Waals surface area contributed by atoms with Crippen molar-refractivity contribution in [1.29, 1.82) is 0 Å². The molecule has 1 aromatic carbocycles. The maximum atomic E-state index is 11.8. The molecule has 0 radical (unpaired) electrons. The Balaban J connectivity index is 1.79. The van der Waals surface area contributed by atoms with E-state index in [-0.39, 0.29) is 11.9 Å². The highest BCUT2D eigenvalue weighted by molar-refractivity contribution is 5.72. The number of quaternary nitrogens is 1. The summed E-state index contributed by atoms with van der Waals surface area (Å²) in [7, 11) is 0. The Morgan fingerprint density at radius 1 is 1.37 bits per heavy atom. The third-order valence-electron chi connectivity index (χ3n) is 3.85. The van der Waals surface area contributed by atoms with Crippen LogP contribution in [-0.4, -0.2) is 32.2 Å². The third kappa shape index (κ3) is 4.35. The number of hydrogen-bond acceptors (Lipinski definition) is 2. The number of ether oxygens (including phenoxy) is 1. The fourth-order valence-corrected chi connectivity index (χ4v) is 2.81. The molecule has 19 heavy (non-hydrogen) atoms. The number of hydrogen-bond donors (Lipinski definition) is 1. The molecule has 1 aliphatic heterocycles. The first kappa shape index (κ1) is 14.1. The number of carbonyl (C=O) groups excluding carboxylic acids is 1.